The smallest absolute Gasteiger partial charge is 0.341 e. The molecular formula is C28H27FIN3O3. The van der Waals surface area contributed by atoms with Crippen LogP contribution < -0.4 is 16.5 Å². The van der Waals surface area contributed by atoms with Crippen molar-refractivity contribution in [1.82, 2.24) is 9.47 Å². The summed E-state index contributed by atoms with van der Waals surface area (Å²) in [5.41, 5.74) is 3.56. The maximum absolute atomic E-state index is 14.8. The molecule has 5 rings (SSSR count). The summed E-state index contributed by atoms with van der Waals surface area (Å²) in [6.45, 7) is 4.24. The number of halogens is 2. The van der Waals surface area contributed by atoms with Crippen molar-refractivity contribution in [2.45, 2.75) is 39.3 Å². The van der Waals surface area contributed by atoms with Gasteiger partial charge in [-0.2, -0.15) is 0 Å². The summed E-state index contributed by atoms with van der Waals surface area (Å²) in [5, 5.41) is 3.32. The van der Waals surface area contributed by atoms with Gasteiger partial charge >= 0.3 is 5.63 Å². The van der Waals surface area contributed by atoms with Crippen molar-refractivity contribution in [3.8, 4) is 11.1 Å². The second-order valence-corrected chi connectivity index (χ2v) is 10.9. The molecule has 0 aliphatic heterocycles. The molecular weight excluding hydrogens is 572 g/mol. The summed E-state index contributed by atoms with van der Waals surface area (Å²) in [4.78, 5) is 29.0. The van der Waals surface area contributed by atoms with E-state index >= 15 is 0 Å². The summed E-state index contributed by atoms with van der Waals surface area (Å²) in [7, 11) is 4.01. The maximum Gasteiger partial charge on any atom is 0.341 e. The standard InChI is InChI=1S/C28H27FIN3O3/c1-15-25(31-22-11-8-19(30)13-21(22)29)24-26(36-28(15)35)23(16(2)33(27(24)34)20-9-10-20)18-7-5-6-17(12-18)14-32(3)4/h5-8,11-13,20,31H,9-10,14H2,1-4H3. The number of pyridine rings is 1. The number of aromatic nitrogens is 1. The van der Waals surface area contributed by atoms with Crippen LogP contribution in [0.25, 0.3) is 22.1 Å². The number of hydrogen-bond acceptors (Lipinski definition) is 5. The minimum Gasteiger partial charge on any atom is -0.421 e. The molecule has 6 nitrogen and oxygen atoms in total. The third kappa shape index (κ3) is 4.48. The number of anilines is 2. The van der Waals surface area contributed by atoms with E-state index in [1.165, 1.54) is 6.07 Å². The van der Waals surface area contributed by atoms with Crippen molar-refractivity contribution >= 4 is 44.9 Å². The number of benzene rings is 2. The van der Waals surface area contributed by atoms with Crippen molar-refractivity contribution < 1.29 is 8.81 Å². The van der Waals surface area contributed by atoms with Gasteiger partial charge in [0.15, 0.2) is 5.58 Å². The molecule has 0 radical (unpaired) electrons. The highest BCUT2D eigenvalue weighted by Crippen LogP contribution is 2.41. The number of nitrogens with one attached hydrogen (secondary N) is 1. The Hall–Kier alpha value is -2.98. The molecule has 1 aliphatic carbocycles. The SMILES string of the molecule is Cc1c(Nc2ccc(I)cc2F)c2c(=O)n(C3CC3)c(C)c(-c3cccc(CN(C)C)c3)c2oc1=O. The fourth-order valence-electron chi connectivity index (χ4n) is 4.75. The zero-order valence-corrected chi connectivity index (χ0v) is 22.8. The summed E-state index contributed by atoms with van der Waals surface area (Å²) >= 11 is 2.04. The number of hydrogen-bond donors (Lipinski definition) is 1. The maximum atomic E-state index is 14.8. The Morgan fingerprint density at radius 2 is 1.89 bits per heavy atom. The summed E-state index contributed by atoms with van der Waals surface area (Å²) in [5.74, 6) is -0.464. The molecule has 2 heterocycles. The molecule has 2 aromatic heterocycles. The first-order chi connectivity index (χ1) is 17.2. The third-order valence-electron chi connectivity index (χ3n) is 6.55. The van der Waals surface area contributed by atoms with Gasteiger partial charge in [-0.15, -0.1) is 0 Å². The molecule has 8 heteroatoms. The van der Waals surface area contributed by atoms with E-state index in [1.807, 2.05) is 66.4 Å². The topological polar surface area (TPSA) is 67.5 Å². The summed E-state index contributed by atoms with van der Waals surface area (Å²) in [6.07, 6.45) is 1.83. The Labute approximate surface area is 221 Å². The highest BCUT2D eigenvalue weighted by molar-refractivity contribution is 14.1. The monoisotopic (exact) mass is 599 g/mol. The Morgan fingerprint density at radius 3 is 2.56 bits per heavy atom. The van der Waals surface area contributed by atoms with Gasteiger partial charge in [-0.3, -0.25) is 4.79 Å². The van der Waals surface area contributed by atoms with Gasteiger partial charge in [0.1, 0.15) is 11.2 Å². The Balaban J connectivity index is 1.84. The van der Waals surface area contributed by atoms with Crippen LogP contribution in [0.3, 0.4) is 0 Å². The molecule has 0 atom stereocenters. The van der Waals surface area contributed by atoms with Crippen LogP contribution in [0, 0.1) is 23.2 Å². The Bertz CT molecular complexity index is 1620. The molecule has 1 fully saturated rings. The Kier molecular flexibility index (Phi) is 6.50. The first-order valence-corrected chi connectivity index (χ1v) is 12.9. The van der Waals surface area contributed by atoms with Crippen molar-refractivity contribution in [2.24, 2.45) is 0 Å². The predicted octanol–water partition coefficient (Wildman–Crippen LogP) is 6.12. The van der Waals surface area contributed by atoms with Gasteiger partial charge in [0, 0.05) is 27.4 Å². The first-order valence-electron chi connectivity index (χ1n) is 11.8. The molecule has 4 aromatic rings. The molecule has 0 bridgehead atoms. The zero-order valence-electron chi connectivity index (χ0n) is 20.6. The van der Waals surface area contributed by atoms with Gasteiger partial charge in [-0.25, -0.2) is 9.18 Å². The van der Waals surface area contributed by atoms with Crippen LogP contribution in [0.1, 0.15) is 35.7 Å². The van der Waals surface area contributed by atoms with E-state index in [-0.39, 0.29) is 39.5 Å². The van der Waals surface area contributed by atoms with Gasteiger partial charge in [-0.1, -0.05) is 18.2 Å². The average Bonchev–Trinajstić information content (AvgIpc) is 3.63. The summed E-state index contributed by atoms with van der Waals surface area (Å²) in [6, 6.07) is 12.9. The fourth-order valence-corrected chi connectivity index (χ4v) is 5.20. The van der Waals surface area contributed by atoms with Crippen LogP contribution in [0.15, 0.2) is 56.5 Å². The summed E-state index contributed by atoms with van der Waals surface area (Å²) < 4.78 is 23.2. The van der Waals surface area contributed by atoms with Crippen molar-refractivity contribution in [3.63, 3.8) is 0 Å². The second-order valence-electron chi connectivity index (χ2n) is 9.65. The Morgan fingerprint density at radius 1 is 1.14 bits per heavy atom. The van der Waals surface area contributed by atoms with Gasteiger partial charge in [0.05, 0.1) is 16.9 Å². The molecule has 186 valence electrons. The molecule has 1 aliphatic rings. The quantitative estimate of drug-likeness (QED) is 0.271. The van der Waals surface area contributed by atoms with Crippen LogP contribution in [0.4, 0.5) is 15.8 Å². The number of fused-ring (bicyclic) bond motifs is 1. The molecule has 2 aromatic carbocycles. The lowest BCUT2D eigenvalue weighted by molar-refractivity contribution is 0.402. The van der Waals surface area contributed by atoms with E-state index in [9.17, 15) is 14.0 Å². The highest BCUT2D eigenvalue weighted by Gasteiger charge is 2.31. The van der Waals surface area contributed by atoms with Crippen molar-refractivity contribution in [2.75, 3.05) is 19.4 Å². The van der Waals surface area contributed by atoms with Crippen LogP contribution in [-0.2, 0) is 6.54 Å². The molecule has 1 saturated carbocycles. The lowest BCUT2D eigenvalue weighted by Gasteiger charge is -2.20. The van der Waals surface area contributed by atoms with E-state index in [0.29, 0.717) is 5.56 Å². The van der Waals surface area contributed by atoms with Crippen LogP contribution in [-0.4, -0.2) is 23.6 Å². The largest absolute Gasteiger partial charge is 0.421 e. The van der Waals surface area contributed by atoms with Crippen molar-refractivity contribution in [1.29, 1.82) is 0 Å². The van der Waals surface area contributed by atoms with Crippen LogP contribution in [0.5, 0.6) is 0 Å². The highest BCUT2D eigenvalue weighted by atomic mass is 127. The molecule has 36 heavy (non-hydrogen) atoms. The number of rotatable bonds is 6. The van der Waals surface area contributed by atoms with E-state index in [1.54, 1.807) is 19.1 Å². The molecule has 1 N–H and O–H groups in total. The van der Waals surface area contributed by atoms with Gasteiger partial charge in [0.2, 0.25) is 0 Å². The van der Waals surface area contributed by atoms with E-state index in [2.05, 4.69) is 16.3 Å². The third-order valence-corrected chi connectivity index (χ3v) is 7.22. The number of nitrogens with zero attached hydrogens (tertiary/aromatic N) is 2. The van der Waals surface area contributed by atoms with E-state index in [0.717, 1.165) is 39.8 Å². The average molecular weight is 599 g/mol. The zero-order chi connectivity index (χ0) is 25.7. The minimum atomic E-state index is -0.565. The normalized spacial score (nSPS) is 13.5. The molecule has 0 amide bonds. The van der Waals surface area contributed by atoms with Gasteiger partial charge in [0.25, 0.3) is 5.56 Å². The predicted molar refractivity (Wildman–Crippen MR) is 150 cm³/mol. The van der Waals surface area contributed by atoms with Crippen LogP contribution >= 0.6 is 22.6 Å². The minimum absolute atomic E-state index is 0.0979. The fraction of sp³-hybridized carbons (Fsp3) is 0.286. The molecule has 0 saturated heterocycles. The first kappa shape index (κ1) is 24.7. The van der Waals surface area contributed by atoms with Gasteiger partial charge < -0.3 is 19.2 Å². The lowest BCUT2D eigenvalue weighted by atomic mass is 9.98. The second kappa shape index (κ2) is 9.48. The lowest BCUT2D eigenvalue weighted by Crippen LogP contribution is -2.25. The van der Waals surface area contributed by atoms with Gasteiger partial charge in [-0.05, 0) is 98.8 Å². The van der Waals surface area contributed by atoms with E-state index < -0.39 is 11.4 Å². The van der Waals surface area contributed by atoms with E-state index in [4.69, 9.17) is 4.42 Å². The van der Waals surface area contributed by atoms with Crippen molar-refractivity contribution in [3.05, 3.63) is 89.4 Å². The van der Waals surface area contributed by atoms with Crippen LogP contribution in [0.2, 0.25) is 0 Å². The molecule has 0 unspecified atom stereocenters. The molecule has 0 spiro atoms.